The molecule has 0 aromatic heterocycles. The molecule has 0 radical (unpaired) electrons. The van der Waals surface area contributed by atoms with E-state index >= 15 is 0 Å². The lowest BCUT2D eigenvalue weighted by Gasteiger charge is -2.31. The molecule has 0 bridgehead atoms. The van der Waals surface area contributed by atoms with Crippen LogP contribution in [-0.4, -0.2) is 36.5 Å². The van der Waals surface area contributed by atoms with Gasteiger partial charge in [-0.25, -0.2) is 4.39 Å². The molecule has 1 heterocycles. The van der Waals surface area contributed by atoms with E-state index in [0.29, 0.717) is 19.6 Å². The van der Waals surface area contributed by atoms with Crippen LogP contribution < -0.4 is 5.32 Å². The van der Waals surface area contributed by atoms with Crippen molar-refractivity contribution in [3.05, 3.63) is 12.4 Å². The molecule has 0 aromatic carbocycles. The molecule has 1 amide bonds. The van der Waals surface area contributed by atoms with Gasteiger partial charge in [0.15, 0.2) is 5.83 Å². The van der Waals surface area contributed by atoms with Gasteiger partial charge in [-0.2, -0.15) is 5.26 Å². The molecule has 0 aliphatic carbocycles. The van der Waals surface area contributed by atoms with Gasteiger partial charge in [0, 0.05) is 19.6 Å². The topological polar surface area (TPSA) is 56.1 Å². The highest BCUT2D eigenvalue weighted by Gasteiger charge is 2.27. The number of nitrogens with zero attached hydrogens (tertiary/aromatic N) is 2. The maximum Gasteiger partial charge on any atom is 0.283 e. The second-order valence-electron chi connectivity index (χ2n) is 2.75. The van der Waals surface area contributed by atoms with E-state index in [1.807, 2.05) is 6.07 Å². The summed E-state index contributed by atoms with van der Waals surface area (Å²) >= 11 is 0. The van der Waals surface area contributed by atoms with Crippen molar-refractivity contribution >= 4 is 5.91 Å². The lowest BCUT2D eigenvalue weighted by atomic mass is 10.2. The van der Waals surface area contributed by atoms with Gasteiger partial charge in [0.1, 0.15) is 6.04 Å². The van der Waals surface area contributed by atoms with E-state index in [9.17, 15) is 9.18 Å². The first kappa shape index (κ1) is 9.68. The molecule has 70 valence electrons. The molecule has 1 unspecified atom stereocenters. The molecule has 0 spiro atoms. The van der Waals surface area contributed by atoms with Crippen LogP contribution in [0.4, 0.5) is 4.39 Å². The smallest absolute Gasteiger partial charge is 0.283 e. The molecular weight excluding hydrogens is 173 g/mol. The number of hydrogen-bond donors (Lipinski definition) is 1. The van der Waals surface area contributed by atoms with Gasteiger partial charge in [-0.05, 0) is 0 Å². The van der Waals surface area contributed by atoms with Crippen molar-refractivity contribution in [1.29, 1.82) is 5.26 Å². The summed E-state index contributed by atoms with van der Waals surface area (Å²) in [6, 6.07) is 1.34. The number of carbonyl (C=O) groups is 1. The van der Waals surface area contributed by atoms with Crippen LogP contribution in [0.1, 0.15) is 0 Å². The average molecular weight is 183 g/mol. The molecule has 1 saturated heterocycles. The molecule has 1 aliphatic rings. The number of piperazine rings is 1. The molecule has 1 N–H and O–H groups in total. The van der Waals surface area contributed by atoms with Crippen molar-refractivity contribution in [2.24, 2.45) is 0 Å². The van der Waals surface area contributed by atoms with Gasteiger partial charge in [0.05, 0.1) is 6.07 Å². The number of carbonyl (C=O) groups excluding carboxylic acids is 1. The van der Waals surface area contributed by atoms with E-state index < -0.39 is 17.8 Å². The van der Waals surface area contributed by atoms with Gasteiger partial charge < -0.3 is 10.2 Å². The van der Waals surface area contributed by atoms with Crippen LogP contribution >= 0.6 is 0 Å². The molecule has 0 saturated carbocycles. The number of amides is 1. The average Bonchev–Trinajstić information content (AvgIpc) is 2.16. The highest BCUT2D eigenvalue weighted by molar-refractivity contribution is 5.91. The summed E-state index contributed by atoms with van der Waals surface area (Å²) < 4.78 is 12.5. The number of hydrogen-bond acceptors (Lipinski definition) is 3. The van der Waals surface area contributed by atoms with Crippen LogP contribution in [0.25, 0.3) is 0 Å². The number of rotatable bonds is 1. The Bertz CT molecular complexity index is 271. The van der Waals surface area contributed by atoms with Crippen LogP contribution in [0.5, 0.6) is 0 Å². The number of halogens is 1. The van der Waals surface area contributed by atoms with Crippen LogP contribution in [0.3, 0.4) is 0 Å². The predicted molar refractivity (Wildman–Crippen MR) is 44.2 cm³/mol. The Morgan fingerprint density at radius 3 is 3.00 bits per heavy atom. The van der Waals surface area contributed by atoms with E-state index in [1.165, 1.54) is 4.90 Å². The normalized spacial score (nSPS) is 22.2. The van der Waals surface area contributed by atoms with Crippen LogP contribution in [0.15, 0.2) is 12.4 Å². The Morgan fingerprint density at radius 1 is 1.77 bits per heavy atom. The van der Waals surface area contributed by atoms with Crippen LogP contribution in [-0.2, 0) is 4.79 Å². The fraction of sp³-hybridized carbons (Fsp3) is 0.500. The van der Waals surface area contributed by atoms with E-state index in [4.69, 9.17) is 5.26 Å². The Kier molecular flexibility index (Phi) is 2.98. The number of nitriles is 1. The molecule has 4 nitrogen and oxygen atoms in total. The first-order valence-corrected chi connectivity index (χ1v) is 3.92. The summed E-state index contributed by atoms with van der Waals surface area (Å²) in [5.74, 6) is -1.80. The lowest BCUT2D eigenvalue weighted by Crippen LogP contribution is -2.53. The second kappa shape index (κ2) is 4.01. The van der Waals surface area contributed by atoms with Crippen molar-refractivity contribution < 1.29 is 9.18 Å². The summed E-state index contributed by atoms with van der Waals surface area (Å²) in [7, 11) is 0. The van der Waals surface area contributed by atoms with Crippen molar-refractivity contribution in [1.82, 2.24) is 10.2 Å². The Labute approximate surface area is 75.6 Å². The summed E-state index contributed by atoms with van der Waals surface area (Å²) in [6.07, 6.45) is 0. The van der Waals surface area contributed by atoms with Crippen LogP contribution in [0.2, 0.25) is 0 Å². The predicted octanol–water partition coefficient (Wildman–Crippen LogP) is -0.206. The summed E-state index contributed by atoms with van der Waals surface area (Å²) in [5, 5.41) is 11.6. The SMILES string of the molecule is C=C(F)C(=O)N1CCNCC1C#N. The zero-order valence-electron chi connectivity index (χ0n) is 7.09. The van der Waals surface area contributed by atoms with Gasteiger partial charge in [0.2, 0.25) is 0 Å². The van der Waals surface area contributed by atoms with Crippen molar-refractivity contribution in [2.75, 3.05) is 19.6 Å². The minimum absolute atomic E-state index is 0.347. The van der Waals surface area contributed by atoms with E-state index in [1.54, 1.807) is 0 Å². The Hall–Kier alpha value is -1.41. The minimum atomic E-state index is -1.01. The Morgan fingerprint density at radius 2 is 2.46 bits per heavy atom. The number of nitrogens with one attached hydrogen (secondary N) is 1. The fourth-order valence-electron chi connectivity index (χ4n) is 1.22. The molecule has 5 heteroatoms. The van der Waals surface area contributed by atoms with Crippen molar-refractivity contribution in [2.45, 2.75) is 6.04 Å². The van der Waals surface area contributed by atoms with E-state index in [2.05, 4.69) is 11.9 Å². The first-order chi connectivity index (χ1) is 6.16. The standard InChI is InChI=1S/C8H10FN3O/c1-6(9)8(13)12-3-2-11-5-7(12)4-10/h7,11H,1-3,5H2. The van der Waals surface area contributed by atoms with Gasteiger partial charge in [-0.3, -0.25) is 4.79 Å². The summed E-state index contributed by atoms with van der Waals surface area (Å²) in [5.41, 5.74) is 0. The summed E-state index contributed by atoms with van der Waals surface area (Å²) in [6.45, 7) is 4.22. The maximum absolute atomic E-state index is 12.5. The third-order valence-electron chi connectivity index (χ3n) is 1.89. The molecular formula is C8H10FN3O. The summed E-state index contributed by atoms with van der Waals surface area (Å²) in [4.78, 5) is 12.3. The monoisotopic (exact) mass is 183 g/mol. The maximum atomic E-state index is 12.5. The van der Waals surface area contributed by atoms with E-state index in [0.717, 1.165) is 0 Å². The minimum Gasteiger partial charge on any atom is -0.318 e. The van der Waals surface area contributed by atoms with Gasteiger partial charge in [0.25, 0.3) is 5.91 Å². The lowest BCUT2D eigenvalue weighted by molar-refractivity contribution is -0.130. The third kappa shape index (κ3) is 2.04. The first-order valence-electron chi connectivity index (χ1n) is 3.92. The highest BCUT2D eigenvalue weighted by atomic mass is 19.1. The molecule has 0 aromatic rings. The van der Waals surface area contributed by atoms with Gasteiger partial charge in [-0.15, -0.1) is 0 Å². The van der Waals surface area contributed by atoms with Crippen LogP contribution in [0, 0.1) is 11.3 Å². The fourth-order valence-corrected chi connectivity index (χ4v) is 1.22. The largest absolute Gasteiger partial charge is 0.318 e. The molecule has 1 rings (SSSR count). The Balaban J connectivity index is 2.71. The highest BCUT2D eigenvalue weighted by Crippen LogP contribution is 2.07. The van der Waals surface area contributed by atoms with Gasteiger partial charge in [-0.1, -0.05) is 6.58 Å². The zero-order valence-corrected chi connectivity index (χ0v) is 7.09. The van der Waals surface area contributed by atoms with Crippen molar-refractivity contribution in [3.8, 4) is 6.07 Å². The van der Waals surface area contributed by atoms with Crippen molar-refractivity contribution in [3.63, 3.8) is 0 Å². The molecule has 1 fully saturated rings. The zero-order chi connectivity index (χ0) is 9.84. The quantitative estimate of drug-likeness (QED) is 0.572. The molecule has 13 heavy (non-hydrogen) atoms. The second-order valence-corrected chi connectivity index (χ2v) is 2.75. The van der Waals surface area contributed by atoms with E-state index in [-0.39, 0.29) is 0 Å². The molecule has 1 atom stereocenters. The third-order valence-corrected chi connectivity index (χ3v) is 1.89. The van der Waals surface area contributed by atoms with Gasteiger partial charge >= 0.3 is 0 Å². The molecule has 1 aliphatic heterocycles.